The lowest BCUT2D eigenvalue weighted by molar-refractivity contribution is 0.0963. The molecular formula is C22H28N4O2. The van der Waals surface area contributed by atoms with Gasteiger partial charge >= 0.3 is 0 Å². The summed E-state index contributed by atoms with van der Waals surface area (Å²) < 4.78 is 6.07. The van der Waals surface area contributed by atoms with Crippen molar-refractivity contribution in [3.05, 3.63) is 65.7 Å². The lowest BCUT2D eigenvalue weighted by atomic mass is 10.1. The summed E-state index contributed by atoms with van der Waals surface area (Å²) in [7, 11) is 3.44. The monoisotopic (exact) mass is 380 g/mol. The number of aliphatic imine (C=N–C) groups is 1. The van der Waals surface area contributed by atoms with Crippen LogP contribution in [0.15, 0.2) is 59.6 Å². The van der Waals surface area contributed by atoms with Gasteiger partial charge in [-0.1, -0.05) is 30.3 Å². The average molecular weight is 380 g/mol. The summed E-state index contributed by atoms with van der Waals surface area (Å²) in [6.45, 7) is 2.49. The molecule has 0 atom stereocenters. The summed E-state index contributed by atoms with van der Waals surface area (Å²) in [6, 6.07) is 17.6. The fourth-order valence-electron chi connectivity index (χ4n) is 3.31. The van der Waals surface area contributed by atoms with Crippen molar-refractivity contribution in [1.82, 2.24) is 15.5 Å². The van der Waals surface area contributed by atoms with E-state index < -0.39 is 0 Å². The van der Waals surface area contributed by atoms with Gasteiger partial charge in [0.15, 0.2) is 5.96 Å². The number of carbonyl (C=O) groups excluding carboxylic acids is 1. The SMILES string of the molecule is CN=C(NCc1ccc(C(=O)NC)cc1)N1CCC(Oc2ccccc2)CC1. The second-order valence-electron chi connectivity index (χ2n) is 6.79. The van der Waals surface area contributed by atoms with E-state index in [1.54, 1.807) is 7.05 Å². The number of ether oxygens (including phenoxy) is 1. The van der Waals surface area contributed by atoms with Gasteiger partial charge in [0.1, 0.15) is 11.9 Å². The summed E-state index contributed by atoms with van der Waals surface area (Å²) in [4.78, 5) is 18.3. The van der Waals surface area contributed by atoms with Crippen LogP contribution in [0.2, 0.25) is 0 Å². The zero-order valence-corrected chi connectivity index (χ0v) is 16.5. The van der Waals surface area contributed by atoms with E-state index >= 15 is 0 Å². The van der Waals surface area contributed by atoms with Crippen LogP contribution in [0, 0.1) is 0 Å². The van der Waals surface area contributed by atoms with Gasteiger partial charge in [0.2, 0.25) is 0 Å². The van der Waals surface area contributed by atoms with E-state index in [1.165, 1.54) is 0 Å². The first-order chi connectivity index (χ1) is 13.7. The maximum Gasteiger partial charge on any atom is 0.251 e. The normalized spacial score (nSPS) is 15.2. The van der Waals surface area contributed by atoms with Gasteiger partial charge in [-0.3, -0.25) is 9.79 Å². The van der Waals surface area contributed by atoms with Gasteiger partial charge < -0.3 is 20.3 Å². The molecule has 0 bridgehead atoms. The molecule has 1 heterocycles. The molecule has 2 aromatic carbocycles. The molecule has 2 aromatic rings. The predicted molar refractivity (Wildman–Crippen MR) is 112 cm³/mol. The topological polar surface area (TPSA) is 66.0 Å². The number of guanidine groups is 1. The van der Waals surface area contributed by atoms with Crippen LogP contribution in [0.3, 0.4) is 0 Å². The third-order valence-electron chi connectivity index (χ3n) is 4.89. The molecular weight excluding hydrogens is 352 g/mol. The summed E-state index contributed by atoms with van der Waals surface area (Å²) in [5.74, 6) is 1.76. The second kappa shape index (κ2) is 9.78. The highest BCUT2D eigenvalue weighted by Crippen LogP contribution is 2.18. The highest BCUT2D eigenvalue weighted by Gasteiger charge is 2.22. The van der Waals surface area contributed by atoms with E-state index in [9.17, 15) is 4.79 Å². The third kappa shape index (κ3) is 5.25. The number of rotatable bonds is 5. The Hall–Kier alpha value is -3.02. The van der Waals surface area contributed by atoms with Crippen LogP contribution >= 0.6 is 0 Å². The van der Waals surface area contributed by atoms with Crippen molar-refractivity contribution in [1.29, 1.82) is 0 Å². The van der Waals surface area contributed by atoms with Crippen molar-refractivity contribution in [2.24, 2.45) is 4.99 Å². The van der Waals surface area contributed by atoms with Crippen LogP contribution in [-0.4, -0.2) is 50.1 Å². The molecule has 6 nitrogen and oxygen atoms in total. The molecule has 0 saturated carbocycles. The van der Waals surface area contributed by atoms with Crippen LogP contribution in [0.5, 0.6) is 5.75 Å². The van der Waals surface area contributed by atoms with E-state index in [-0.39, 0.29) is 12.0 Å². The zero-order valence-electron chi connectivity index (χ0n) is 16.5. The Bertz CT molecular complexity index is 782. The van der Waals surface area contributed by atoms with Gasteiger partial charge in [-0.25, -0.2) is 0 Å². The Morgan fingerprint density at radius 2 is 1.79 bits per heavy atom. The standard InChI is InChI=1S/C22H28N4O2/c1-23-21(27)18-10-8-17(9-11-18)16-25-22(24-2)26-14-12-20(13-15-26)28-19-6-4-3-5-7-19/h3-11,20H,12-16H2,1-2H3,(H,23,27)(H,24,25). The van der Waals surface area contributed by atoms with Gasteiger partial charge in [-0.2, -0.15) is 0 Å². The molecule has 0 unspecified atom stereocenters. The summed E-state index contributed by atoms with van der Waals surface area (Å²) in [6.07, 6.45) is 2.18. The lowest BCUT2D eigenvalue weighted by Crippen LogP contribution is -2.47. The van der Waals surface area contributed by atoms with E-state index in [1.807, 2.05) is 61.6 Å². The smallest absolute Gasteiger partial charge is 0.251 e. The highest BCUT2D eigenvalue weighted by atomic mass is 16.5. The number of hydrogen-bond acceptors (Lipinski definition) is 3. The molecule has 0 aromatic heterocycles. The van der Waals surface area contributed by atoms with Crippen molar-refractivity contribution in [2.45, 2.75) is 25.5 Å². The molecule has 6 heteroatoms. The fraction of sp³-hybridized carbons (Fsp3) is 0.364. The maximum atomic E-state index is 11.6. The molecule has 1 amide bonds. The van der Waals surface area contributed by atoms with Gasteiger partial charge in [0.25, 0.3) is 5.91 Å². The van der Waals surface area contributed by atoms with Crippen molar-refractivity contribution < 1.29 is 9.53 Å². The van der Waals surface area contributed by atoms with E-state index in [0.29, 0.717) is 12.1 Å². The zero-order chi connectivity index (χ0) is 19.8. The number of nitrogens with zero attached hydrogens (tertiary/aromatic N) is 2. The Kier molecular flexibility index (Phi) is 6.89. The number of nitrogens with one attached hydrogen (secondary N) is 2. The van der Waals surface area contributed by atoms with E-state index in [4.69, 9.17) is 4.74 Å². The Labute approximate surface area is 166 Å². The fourth-order valence-corrected chi connectivity index (χ4v) is 3.31. The first-order valence-corrected chi connectivity index (χ1v) is 9.68. The highest BCUT2D eigenvalue weighted by molar-refractivity contribution is 5.93. The van der Waals surface area contributed by atoms with Gasteiger partial charge in [0, 0.05) is 52.1 Å². The van der Waals surface area contributed by atoms with E-state index in [0.717, 1.165) is 43.2 Å². The van der Waals surface area contributed by atoms with Crippen molar-refractivity contribution in [3.63, 3.8) is 0 Å². The largest absolute Gasteiger partial charge is 0.490 e. The lowest BCUT2D eigenvalue weighted by Gasteiger charge is -2.34. The summed E-state index contributed by atoms with van der Waals surface area (Å²) in [5.41, 5.74) is 1.77. The molecule has 0 spiro atoms. The first-order valence-electron chi connectivity index (χ1n) is 9.68. The molecule has 1 aliphatic heterocycles. The van der Waals surface area contributed by atoms with Crippen molar-refractivity contribution in [2.75, 3.05) is 27.2 Å². The molecule has 1 fully saturated rings. The summed E-state index contributed by atoms with van der Waals surface area (Å²) >= 11 is 0. The van der Waals surface area contributed by atoms with Gasteiger partial charge in [-0.05, 0) is 29.8 Å². The number of carbonyl (C=O) groups is 1. The predicted octanol–water partition coefficient (Wildman–Crippen LogP) is 2.67. The van der Waals surface area contributed by atoms with Gasteiger partial charge in [0.05, 0.1) is 0 Å². The maximum absolute atomic E-state index is 11.6. The van der Waals surface area contributed by atoms with Crippen LogP contribution < -0.4 is 15.4 Å². The molecule has 1 saturated heterocycles. The number of benzene rings is 2. The molecule has 0 aliphatic carbocycles. The summed E-state index contributed by atoms with van der Waals surface area (Å²) in [5, 5.41) is 6.05. The minimum atomic E-state index is -0.0732. The van der Waals surface area contributed by atoms with Crippen molar-refractivity contribution in [3.8, 4) is 5.75 Å². The molecule has 3 rings (SSSR count). The quantitative estimate of drug-likeness (QED) is 0.618. The number of hydrogen-bond donors (Lipinski definition) is 2. The van der Waals surface area contributed by atoms with Crippen LogP contribution in [-0.2, 0) is 6.54 Å². The van der Waals surface area contributed by atoms with E-state index in [2.05, 4.69) is 20.5 Å². The molecule has 0 radical (unpaired) electrons. The first kappa shape index (κ1) is 19.7. The Balaban J connectivity index is 1.47. The number of piperidine rings is 1. The third-order valence-corrected chi connectivity index (χ3v) is 4.89. The minimum absolute atomic E-state index is 0.0732. The number of amides is 1. The minimum Gasteiger partial charge on any atom is -0.490 e. The molecule has 1 aliphatic rings. The van der Waals surface area contributed by atoms with Crippen LogP contribution in [0.1, 0.15) is 28.8 Å². The average Bonchev–Trinajstić information content (AvgIpc) is 2.76. The second-order valence-corrected chi connectivity index (χ2v) is 6.79. The molecule has 148 valence electrons. The Morgan fingerprint density at radius 3 is 2.39 bits per heavy atom. The molecule has 28 heavy (non-hydrogen) atoms. The van der Waals surface area contributed by atoms with Crippen LogP contribution in [0.4, 0.5) is 0 Å². The number of likely N-dealkylation sites (tertiary alicyclic amines) is 1. The Morgan fingerprint density at radius 1 is 1.11 bits per heavy atom. The van der Waals surface area contributed by atoms with Gasteiger partial charge in [-0.15, -0.1) is 0 Å². The molecule has 2 N–H and O–H groups in total. The van der Waals surface area contributed by atoms with Crippen LogP contribution in [0.25, 0.3) is 0 Å². The number of para-hydroxylation sites is 1. The van der Waals surface area contributed by atoms with Crippen molar-refractivity contribution >= 4 is 11.9 Å².